The van der Waals surface area contributed by atoms with Gasteiger partial charge in [0.1, 0.15) is 64.3 Å². The highest BCUT2D eigenvalue weighted by atomic mass is 32.1. The number of thiophene rings is 1. The Balaban J connectivity index is 1.49. The monoisotopic (exact) mass is 620 g/mol. The minimum atomic E-state index is -0.527. The van der Waals surface area contributed by atoms with Crippen molar-refractivity contribution in [2.75, 3.05) is 0 Å². The van der Waals surface area contributed by atoms with Gasteiger partial charge in [-0.3, -0.25) is 0 Å². The summed E-state index contributed by atoms with van der Waals surface area (Å²) in [5.74, 6) is -1.41. The van der Waals surface area contributed by atoms with Crippen molar-refractivity contribution < 1.29 is 15.3 Å². The molecule has 10 heteroatoms. The molecule has 0 unspecified atom stereocenters. The van der Waals surface area contributed by atoms with Gasteiger partial charge in [0.2, 0.25) is 0 Å². The summed E-state index contributed by atoms with van der Waals surface area (Å²) in [5.41, 5.74) is 2.38. The first-order valence-electron chi connectivity index (χ1n) is 15.0. The predicted octanol–water partition coefficient (Wildman–Crippen LogP) is 3.24. The van der Waals surface area contributed by atoms with Gasteiger partial charge in [0, 0.05) is 9.58 Å². The Kier molecular flexibility index (Phi) is 7.01. The topological polar surface area (TPSA) is 60.7 Å². The molecule has 0 aliphatic heterocycles. The van der Waals surface area contributed by atoms with Crippen molar-refractivity contribution in [3.05, 3.63) is 91.0 Å². The van der Waals surface area contributed by atoms with Crippen LogP contribution in [0.1, 0.15) is 0 Å². The van der Waals surface area contributed by atoms with Crippen molar-refractivity contribution >= 4 is 134 Å². The van der Waals surface area contributed by atoms with Crippen LogP contribution in [-0.4, -0.2) is 62.4 Å². The molecule has 8 rings (SSSR count). The molecule has 0 spiro atoms. The van der Waals surface area contributed by atoms with Gasteiger partial charge in [0.15, 0.2) is 0 Å². The molecule has 0 aliphatic rings. The molecule has 8 aromatic rings. The van der Waals surface area contributed by atoms with Gasteiger partial charge in [0.25, 0.3) is 0 Å². The van der Waals surface area contributed by atoms with E-state index in [-0.39, 0.29) is 44.1 Å². The molecule has 0 fully saturated rings. The normalized spacial score (nSPS) is 11.7. The Bertz CT molecular complexity index is 2650. The van der Waals surface area contributed by atoms with Crippen LogP contribution in [0.2, 0.25) is 0 Å². The van der Waals surface area contributed by atoms with Crippen molar-refractivity contribution in [1.29, 1.82) is 0 Å². The van der Waals surface area contributed by atoms with Crippen molar-refractivity contribution in [2.45, 2.75) is 0 Å². The van der Waals surface area contributed by atoms with Crippen LogP contribution in [0, 0.1) is 0 Å². The SMILES string of the molecule is [B]c1c(O)c([B])c(-c2c3ccccc3c(-c3ccc4sc(-c5cccc6ccccc56)cc4c3)c3c([B])c(O)c([B])c([B])c23)c([B])c1O. The van der Waals surface area contributed by atoms with Crippen molar-refractivity contribution in [3.8, 4) is 49.9 Å². The first-order valence-corrected chi connectivity index (χ1v) is 15.8. The lowest BCUT2D eigenvalue weighted by molar-refractivity contribution is 0.464. The molecule has 3 N–H and O–H groups in total. The molecular formula is C38H18B6O3S. The van der Waals surface area contributed by atoms with Crippen molar-refractivity contribution in [3.63, 3.8) is 0 Å². The number of rotatable bonds is 3. The summed E-state index contributed by atoms with van der Waals surface area (Å²) in [6, 6.07) is 30.5. The molecule has 1 aromatic heterocycles. The zero-order valence-corrected chi connectivity index (χ0v) is 26.2. The number of phenolic OH excluding ortho intramolecular Hbond substituents is 3. The van der Waals surface area contributed by atoms with Crippen LogP contribution in [0.5, 0.6) is 17.2 Å². The van der Waals surface area contributed by atoms with Crippen LogP contribution < -0.4 is 32.8 Å². The maximum atomic E-state index is 11.1. The summed E-state index contributed by atoms with van der Waals surface area (Å²) in [5, 5.41) is 38.3. The van der Waals surface area contributed by atoms with E-state index < -0.39 is 11.5 Å². The maximum Gasteiger partial charge on any atom is 0.124 e. The zero-order chi connectivity index (χ0) is 33.6. The highest BCUT2D eigenvalue weighted by Gasteiger charge is 2.26. The molecule has 212 valence electrons. The minimum Gasteiger partial charge on any atom is -0.509 e. The molecule has 1 heterocycles. The number of phenols is 3. The van der Waals surface area contributed by atoms with Gasteiger partial charge in [-0.25, -0.2) is 0 Å². The summed E-state index contributed by atoms with van der Waals surface area (Å²) in [6.07, 6.45) is 0. The summed E-state index contributed by atoms with van der Waals surface area (Å²) >= 11 is 1.71. The van der Waals surface area contributed by atoms with Crippen molar-refractivity contribution in [1.82, 2.24) is 0 Å². The molecule has 0 saturated heterocycles. The second-order valence-electron chi connectivity index (χ2n) is 11.8. The Morgan fingerprint density at radius 1 is 0.438 bits per heavy atom. The molecule has 0 bridgehead atoms. The number of benzene rings is 7. The largest absolute Gasteiger partial charge is 0.509 e. The quantitative estimate of drug-likeness (QED) is 0.210. The van der Waals surface area contributed by atoms with Crippen LogP contribution in [-0.2, 0) is 0 Å². The third kappa shape index (κ3) is 4.28. The Labute approximate surface area is 288 Å². The van der Waals surface area contributed by atoms with Crippen LogP contribution in [0.25, 0.3) is 75.1 Å². The average Bonchev–Trinajstić information content (AvgIpc) is 3.54. The smallest absolute Gasteiger partial charge is 0.124 e. The van der Waals surface area contributed by atoms with Gasteiger partial charge in [-0.1, -0.05) is 83.7 Å². The van der Waals surface area contributed by atoms with E-state index >= 15 is 0 Å². The van der Waals surface area contributed by atoms with E-state index in [2.05, 4.69) is 48.5 Å². The molecule has 12 radical (unpaired) electrons. The van der Waals surface area contributed by atoms with Gasteiger partial charge in [-0.15, -0.1) is 11.3 Å². The molecule has 48 heavy (non-hydrogen) atoms. The standard InChI is InChI=1S/C38H18B6O3S/c39-30-28-26(29-32(41)37(46)35(44)38(47)33(29)42)22-10-4-3-9-21(22)25(27(28)31(40)36(45)34(30)43)17-12-13-23-18(14-17)15-24(48-23)20-11-5-7-16-6-1-2-8-19(16)20/h1-15,45-47H. The fourth-order valence-electron chi connectivity index (χ4n) is 6.89. The first-order chi connectivity index (χ1) is 23.1. The lowest BCUT2D eigenvalue weighted by Gasteiger charge is -2.26. The van der Waals surface area contributed by atoms with E-state index in [4.69, 9.17) is 47.1 Å². The van der Waals surface area contributed by atoms with Crippen LogP contribution in [0.4, 0.5) is 0 Å². The van der Waals surface area contributed by atoms with E-state index in [1.54, 1.807) is 11.3 Å². The zero-order valence-electron chi connectivity index (χ0n) is 25.4. The number of fused-ring (bicyclic) bond motifs is 4. The molecule has 0 amide bonds. The molecule has 0 aliphatic carbocycles. The fourth-order valence-corrected chi connectivity index (χ4v) is 7.97. The Morgan fingerprint density at radius 3 is 1.73 bits per heavy atom. The molecule has 0 saturated carbocycles. The van der Waals surface area contributed by atoms with E-state index in [0.717, 1.165) is 31.5 Å². The van der Waals surface area contributed by atoms with Gasteiger partial charge in [-0.05, 0) is 106 Å². The summed E-state index contributed by atoms with van der Waals surface area (Å²) < 4.78 is 1.10. The molecule has 0 atom stereocenters. The first kappa shape index (κ1) is 30.4. The van der Waals surface area contributed by atoms with E-state index in [1.807, 2.05) is 42.5 Å². The van der Waals surface area contributed by atoms with Crippen molar-refractivity contribution in [2.24, 2.45) is 0 Å². The third-order valence-corrected chi connectivity index (χ3v) is 10.4. The maximum absolute atomic E-state index is 11.1. The van der Waals surface area contributed by atoms with Crippen LogP contribution >= 0.6 is 11.3 Å². The Morgan fingerprint density at radius 2 is 1.02 bits per heavy atom. The average molecular weight is 619 g/mol. The van der Waals surface area contributed by atoms with Crippen LogP contribution in [0.3, 0.4) is 0 Å². The fraction of sp³-hybridized carbons (Fsp3) is 0. The number of hydrogen-bond acceptors (Lipinski definition) is 4. The van der Waals surface area contributed by atoms with Crippen LogP contribution in [0.15, 0.2) is 91.0 Å². The third-order valence-electron chi connectivity index (χ3n) is 9.22. The summed E-state index contributed by atoms with van der Waals surface area (Å²) in [4.78, 5) is 1.13. The highest BCUT2D eigenvalue weighted by molar-refractivity contribution is 7.22. The van der Waals surface area contributed by atoms with E-state index in [1.165, 1.54) is 10.8 Å². The van der Waals surface area contributed by atoms with Gasteiger partial charge in [0.05, 0.1) is 0 Å². The predicted molar refractivity (Wildman–Crippen MR) is 208 cm³/mol. The van der Waals surface area contributed by atoms with Gasteiger partial charge in [-0.2, -0.15) is 0 Å². The second kappa shape index (κ2) is 11.1. The Hall–Kier alpha value is -4.93. The highest BCUT2D eigenvalue weighted by Crippen LogP contribution is 2.45. The number of hydrogen-bond donors (Lipinski definition) is 3. The van der Waals surface area contributed by atoms with Gasteiger partial charge < -0.3 is 15.3 Å². The lowest BCUT2D eigenvalue weighted by Crippen LogP contribution is -2.34. The van der Waals surface area contributed by atoms with Gasteiger partial charge >= 0.3 is 0 Å². The van der Waals surface area contributed by atoms with E-state index in [9.17, 15) is 15.3 Å². The second-order valence-corrected chi connectivity index (χ2v) is 12.9. The van der Waals surface area contributed by atoms with E-state index in [0.29, 0.717) is 27.3 Å². The number of aromatic hydroxyl groups is 3. The molecular weight excluding hydrogens is 601 g/mol. The lowest BCUT2D eigenvalue weighted by atomic mass is 9.66. The summed E-state index contributed by atoms with van der Waals surface area (Å²) in [7, 11) is 38.5. The summed E-state index contributed by atoms with van der Waals surface area (Å²) in [6.45, 7) is 0. The molecule has 3 nitrogen and oxygen atoms in total. The molecule has 7 aromatic carbocycles. The minimum absolute atomic E-state index is 0.00148.